The van der Waals surface area contributed by atoms with Crippen molar-refractivity contribution in [2.75, 3.05) is 19.6 Å². The van der Waals surface area contributed by atoms with Crippen LogP contribution >= 0.6 is 0 Å². The Labute approximate surface area is 223 Å². The SMILES string of the molecule is CC(C)(C)OC(=O)N1CCN(C(=O)[C@H](CCc2ccccc2)CC(=O)O)C[C@H]1C(=O)OCc1ccccc1. The molecule has 1 heterocycles. The van der Waals surface area contributed by atoms with E-state index in [0.29, 0.717) is 12.8 Å². The first-order valence-electron chi connectivity index (χ1n) is 12.8. The topological polar surface area (TPSA) is 113 Å². The monoisotopic (exact) mass is 524 g/mol. The van der Waals surface area contributed by atoms with Gasteiger partial charge in [0.05, 0.1) is 13.0 Å². The van der Waals surface area contributed by atoms with Gasteiger partial charge in [-0.2, -0.15) is 0 Å². The minimum absolute atomic E-state index is 0.0188. The number of esters is 1. The highest BCUT2D eigenvalue weighted by atomic mass is 16.6. The molecule has 0 bridgehead atoms. The normalized spacial score (nSPS) is 16.4. The highest BCUT2D eigenvalue weighted by Crippen LogP contribution is 2.22. The molecule has 38 heavy (non-hydrogen) atoms. The van der Waals surface area contributed by atoms with Gasteiger partial charge in [-0.25, -0.2) is 9.59 Å². The first kappa shape index (κ1) is 28.7. The summed E-state index contributed by atoms with van der Waals surface area (Å²) in [5, 5.41) is 9.46. The van der Waals surface area contributed by atoms with Crippen LogP contribution in [-0.4, -0.2) is 70.1 Å². The number of amides is 2. The molecule has 1 N–H and O–H groups in total. The van der Waals surface area contributed by atoms with Crippen LogP contribution in [0.15, 0.2) is 60.7 Å². The van der Waals surface area contributed by atoms with Crippen LogP contribution in [-0.2, 0) is 36.9 Å². The van der Waals surface area contributed by atoms with E-state index in [1.54, 1.807) is 20.8 Å². The lowest BCUT2D eigenvalue weighted by molar-refractivity contribution is -0.157. The smallest absolute Gasteiger partial charge is 0.411 e. The molecule has 204 valence electrons. The second-order valence-corrected chi connectivity index (χ2v) is 10.4. The standard InChI is InChI=1S/C29H36N2O7/c1-29(2,3)38-28(36)31-17-16-30(19-24(31)27(35)37-20-22-12-8-5-9-13-22)26(34)23(18-25(32)33)15-14-21-10-6-4-7-11-21/h4-13,23-24H,14-20H2,1-3H3,(H,32,33)/t23-,24+/m1/s1. The zero-order valence-electron chi connectivity index (χ0n) is 22.2. The van der Waals surface area contributed by atoms with Gasteiger partial charge in [0.15, 0.2) is 6.04 Å². The van der Waals surface area contributed by atoms with Crippen LogP contribution in [0.3, 0.4) is 0 Å². The Morgan fingerprint density at radius 1 is 0.947 bits per heavy atom. The van der Waals surface area contributed by atoms with E-state index in [0.717, 1.165) is 11.1 Å². The van der Waals surface area contributed by atoms with Crippen LogP contribution in [0.2, 0.25) is 0 Å². The third-order valence-corrected chi connectivity index (χ3v) is 6.21. The number of carboxylic acids is 1. The lowest BCUT2D eigenvalue weighted by Crippen LogP contribution is -2.61. The second-order valence-electron chi connectivity index (χ2n) is 10.4. The third kappa shape index (κ3) is 8.61. The van der Waals surface area contributed by atoms with Crippen LogP contribution < -0.4 is 0 Å². The molecule has 0 aromatic heterocycles. The summed E-state index contributed by atoms with van der Waals surface area (Å²) in [5.74, 6) is -2.84. The molecule has 0 aliphatic carbocycles. The van der Waals surface area contributed by atoms with Gasteiger partial charge < -0.3 is 19.5 Å². The predicted octanol–water partition coefficient (Wildman–Crippen LogP) is 3.90. The summed E-state index contributed by atoms with van der Waals surface area (Å²) in [7, 11) is 0. The molecule has 0 spiro atoms. The third-order valence-electron chi connectivity index (χ3n) is 6.21. The summed E-state index contributed by atoms with van der Waals surface area (Å²) in [6.07, 6.45) is -0.0891. The van der Waals surface area contributed by atoms with E-state index in [9.17, 15) is 24.3 Å². The highest BCUT2D eigenvalue weighted by Gasteiger charge is 2.41. The van der Waals surface area contributed by atoms with Gasteiger partial charge in [0.1, 0.15) is 12.2 Å². The number of hydrogen-bond donors (Lipinski definition) is 1. The maximum atomic E-state index is 13.5. The fourth-order valence-electron chi connectivity index (χ4n) is 4.32. The van der Waals surface area contributed by atoms with Crippen LogP contribution in [0, 0.1) is 5.92 Å². The van der Waals surface area contributed by atoms with E-state index in [2.05, 4.69) is 0 Å². The van der Waals surface area contributed by atoms with E-state index in [-0.39, 0.29) is 38.6 Å². The summed E-state index contributed by atoms with van der Waals surface area (Å²) in [5.41, 5.74) is 1.02. The van der Waals surface area contributed by atoms with Crippen LogP contribution in [0.1, 0.15) is 44.7 Å². The molecule has 0 unspecified atom stereocenters. The summed E-state index contributed by atoms with van der Waals surface area (Å²) in [6.45, 7) is 5.33. The van der Waals surface area contributed by atoms with Gasteiger partial charge >= 0.3 is 18.0 Å². The summed E-state index contributed by atoms with van der Waals surface area (Å²) < 4.78 is 11.0. The number of rotatable bonds is 9. The van der Waals surface area contributed by atoms with Gasteiger partial charge in [-0.1, -0.05) is 60.7 Å². The number of carbonyl (C=O) groups is 4. The molecule has 2 aromatic carbocycles. The van der Waals surface area contributed by atoms with Crippen LogP contribution in [0.5, 0.6) is 0 Å². The number of nitrogens with zero attached hydrogens (tertiary/aromatic N) is 2. The van der Waals surface area contributed by atoms with Crippen molar-refractivity contribution in [3.05, 3.63) is 71.8 Å². The van der Waals surface area contributed by atoms with E-state index in [4.69, 9.17) is 9.47 Å². The highest BCUT2D eigenvalue weighted by molar-refractivity contribution is 5.86. The molecule has 9 heteroatoms. The first-order valence-corrected chi connectivity index (χ1v) is 12.8. The Kier molecular flexibility index (Phi) is 9.87. The molecule has 2 amide bonds. The molecule has 9 nitrogen and oxygen atoms in total. The number of carboxylic acid groups (broad SMARTS) is 1. The Morgan fingerprint density at radius 2 is 1.55 bits per heavy atom. The van der Waals surface area contributed by atoms with E-state index >= 15 is 0 Å². The quantitative estimate of drug-likeness (QED) is 0.495. The molecular weight excluding hydrogens is 488 g/mol. The Hall–Kier alpha value is -3.88. The molecule has 2 aromatic rings. The van der Waals surface area contributed by atoms with E-state index in [1.165, 1.54) is 9.80 Å². The minimum Gasteiger partial charge on any atom is -0.481 e. The lowest BCUT2D eigenvalue weighted by atomic mass is 9.94. The average Bonchev–Trinajstić information content (AvgIpc) is 2.89. The van der Waals surface area contributed by atoms with Crippen molar-refractivity contribution in [2.45, 2.75) is 58.3 Å². The van der Waals surface area contributed by atoms with Gasteiger partial charge in [-0.15, -0.1) is 0 Å². The number of benzene rings is 2. The van der Waals surface area contributed by atoms with Gasteiger partial charge in [-0.05, 0) is 44.7 Å². The van der Waals surface area contributed by atoms with Crippen molar-refractivity contribution in [2.24, 2.45) is 5.92 Å². The largest absolute Gasteiger partial charge is 0.481 e. The zero-order valence-corrected chi connectivity index (χ0v) is 22.2. The number of hydrogen-bond acceptors (Lipinski definition) is 6. The summed E-state index contributed by atoms with van der Waals surface area (Å²) in [6, 6.07) is 17.6. The zero-order chi connectivity index (χ0) is 27.7. The molecular formula is C29H36N2O7. The van der Waals surface area contributed by atoms with Crippen molar-refractivity contribution >= 4 is 23.9 Å². The number of aliphatic carboxylic acids is 1. The molecule has 1 aliphatic rings. The van der Waals surface area contributed by atoms with Crippen LogP contribution in [0.25, 0.3) is 0 Å². The van der Waals surface area contributed by atoms with Gasteiger partial charge in [0.25, 0.3) is 0 Å². The molecule has 1 saturated heterocycles. The molecule has 3 rings (SSSR count). The second kappa shape index (κ2) is 13.1. The van der Waals surface area contributed by atoms with Gasteiger partial charge in [-0.3, -0.25) is 14.5 Å². The molecule has 0 radical (unpaired) electrons. The van der Waals surface area contributed by atoms with Crippen molar-refractivity contribution in [1.82, 2.24) is 9.80 Å². The Morgan fingerprint density at radius 3 is 2.13 bits per heavy atom. The van der Waals surface area contributed by atoms with E-state index in [1.807, 2.05) is 60.7 Å². The number of ether oxygens (including phenoxy) is 2. The van der Waals surface area contributed by atoms with Crippen molar-refractivity contribution < 1.29 is 33.8 Å². The van der Waals surface area contributed by atoms with Crippen molar-refractivity contribution in [3.8, 4) is 0 Å². The number of piperazine rings is 1. The van der Waals surface area contributed by atoms with Crippen molar-refractivity contribution in [1.29, 1.82) is 0 Å². The molecule has 1 fully saturated rings. The van der Waals surface area contributed by atoms with Crippen LogP contribution in [0.4, 0.5) is 4.79 Å². The predicted molar refractivity (Wildman–Crippen MR) is 140 cm³/mol. The van der Waals surface area contributed by atoms with Gasteiger partial charge in [0.2, 0.25) is 5.91 Å². The lowest BCUT2D eigenvalue weighted by Gasteiger charge is -2.41. The number of carbonyl (C=O) groups excluding carboxylic acids is 3. The number of aryl methyl sites for hydroxylation is 1. The minimum atomic E-state index is -1.08. The Balaban J connectivity index is 1.75. The summed E-state index contributed by atoms with van der Waals surface area (Å²) >= 11 is 0. The molecule has 0 saturated carbocycles. The maximum Gasteiger partial charge on any atom is 0.411 e. The Bertz CT molecular complexity index is 1100. The summed E-state index contributed by atoms with van der Waals surface area (Å²) in [4.78, 5) is 53.9. The van der Waals surface area contributed by atoms with E-state index < -0.39 is 35.6 Å². The fourth-order valence-corrected chi connectivity index (χ4v) is 4.32. The average molecular weight is 525 g/mol. The molecule has 2 atom stereocenters. The maximum absolute atomic E-state index is 13.5. The fraction of sp³-hybridized carbons (Fsp3) is 0.448. The van der Waals surface area contributed by atoms with Crippen molar-refractivity contribution in [3.63, 3.8) is 0 Å². The molecule has 1 aliphatic heterocycles. The first-order chi connectivity index (χ1) is 18.0. The van der Waals surface area contributed by atoms with Gasteiger partial charge in [0, 0.05) is 19.0 Å².